The van der Waals surface area contributed by atoms with Gasteiger partial charge in [-0.25, -0.2) is 13.2 Å². The van der Waals surface area contributed by atoms with E-state index < -0.39 is 45.0 Å². The van der Waals surface area contributed by atoms with Gasteiger partial charge >= 0.3 is 5.97 Å². The Balaban J connectivity index is 1.74. The summed E-state index contributed by atoms with van der Waals surface area (Å²) in [5, 5.41) is 1.52. The molecule has 1 aliphatic heterocycles. The van der Waals surface area contributed by atoms with Gasteiger partial charge < -0.3 is 19.7 Å². The lowest BCUT2D eigenvalue weighted by Gasteiger charge is -2.48. The molecule has 3 unspecified atom stereocenters. The van der Waals surface area contributed by atoms with Crippen molar-refractivity contribution in [1.82, 2.24) is 10.2 Å². The topological polar surface area (TPSA) is 119 Å². The lowest BCUT2D eigenvalue weighted by atomic mass is 9.99. The van der Waals surface area contributed by atoms with E-state index in [-0.39, 0.29) is 24.5 Å². The highest BCUT2D eigenvalue weighted by atomic mass is 35.5. The van der Waals surface area contributed by atoms with E-state index in [9.17, 15) is 22.8 Å². The highest BCUT2D eigenvalue weighted by Crippen LogP contribution is 2.35. The quantitative estimate of drug-likeness (QED) is 0.103. The molecule has 0 spiro atoms. The fraction of sp³-hybridized carbons (Fsp3) is 0.292. The number of hydrogen-bond donors (Lipinski definition) is 2. The zero-order chi connectivity index (χ0) is 26.2. The molecule has 0 aromatic heterocycles. The molecule has 3 rings (SSSR count). The van der Waals surface area contributed by atoms with Crippen LogP contribution < -0.4 is 10.1 Å². The van der Waals surface area contributed by atoms with Crippen molar-refractivity contribution in [2.24, 2.45) is 0 Å². The molecule has 2 amide bonds. The van der Waals surface area contributed by atoms with Crippen molar-refractivity contribution in [2.75, 3.05) is 13.0 Å². The second kappa shape index (κ2) is 12.8. The SMILES string of the molecule is C=C(CCl)C(C(=O)OCc1ccc(OC)cc1)N1C(=O)C(NC(=O)Cc2ccccc2)C1S[SH](=O)=O. The molecular weight excluding hydrogens is 528 g/mol. The highest BCUT2D eigenvalue weighted by Gasteiger charge is 2.54. The Morgan fingerprint density at radius 2 is 1.81 bits per heavy atom. The maximum Gasteiger partial charge on any atom is 0.333 e. The number of nitrogens with zero attached hydrogens (tertiary/aromatic N) is 1. The number of β-lactam (4-membered cyclic amide) rings is 1. The van der Waals surface area contributed by atoms with Crippen LogP contribution in [0.25, 0.3) is 0 Å². The minimum atomic E-state index is -3.01. The molecule has 3 atom stereocenters. The number of hydrogen-bond acceptors (Lipinski definition) is 8. The average Bonchev–Trinajstić information content (AvgIpc) is 2.88. The number of methoxy groups -OCH3 is 1. The minimum absolute atomic E-state index is 0.00718. The van der Waals surface area contributed by atoms with Gasteiger partial charge in [0, 0.05) is 5.88 Å². The molecule has 1 heterocycles. The van der Waals surface area contributed by atoms with Gasteiger partial charge in [-0.3, -0.25) is 9.59 Å². The number of amides is 2. The van der Waals surface area contributed by atoms with E-state index in [1.54, 1.807) is 48.5 Å². The summed E-state index contributed by atoms with van der Waals surface area (Å²) in [6, 6.07) is 13.3. The highest BCUT2D eigenvalue weighted by molar-refractivity contribution is 8.64. The number of benzene rings is 2. The predicted octanol–water partition coefficient (Wildman–Crippen LogP) is 2.06. The van der Waals surface area contributed by atoms with Gasteiger partial charge in [-0.15, -0.1) is 11.6 Å². The zero-order valence-corrected chi connectivity index (χ0v) is 21.8. The van der Waals surface area contributed by atoms with Gasteiger partial charge in [0.25, 0.3) is 0 Å². The van der Waals surface area contributed by atoms with E-state index in [2.05, 4.69) is 11.9 Å². The number of carbonyl (C=O) groups excluding carboxylic acids is 3. The Kier molecular flexibility index (Phi) is 9.80. The minimum Gasteiger partial charge on any atom is -0.497 e. The molecule has 9 nitrogen and oxygen atoms in total. The number of ether oxygens (including phenoxy) is 2. The molecule has 1 fully saturated rings. The first kappa shape index (κ1) is 27.6. The molecule has 0 bridgehead atoms. The van der Waals surface area contributed by atoms with Crippen LogP contribution in [0.3, 0.4) is 0 Å². The summed E-state index contributed by atoms with van der Waals surface area (Å²) in [6.45, 7) is 3.68. The van der Waals surface area contributed by atoms with Crippen molar-refractivity contribution in [3.63, 3.8) is 0 Å². The van der Waals surface area contributed by atoms with Crippen molar-refractivity contribution in [1.29, 1.82) is 0 Å². The molecule has 36 heavy (non-hydrogen) atoms. The number of alkyl halides is 1. The van der Waals surface area contributed by atoms with Crippen molar-refractivity contribution in [3.05, 3.63) is 77.9 Å². The summed E-state index contributed by atoms with van der Waals surface area (Å²) in [5.74, 6) is -1.44. The Morgan fingerprint density at radius 3 is 2.39 bits per heavy atom. The smallest absolute Gasteiger partial charge is 0.333 e. The van der Waals surface area contributed by atoms with Crippen molar-refractivity contribution in [3.8, 4) is 5.75 Å². The van der Waals surface area contributed by atoms with Crippen LogP contribution >= 0.6 is 22.4 Å². The summed E-state index contributed by atoms with van der Waals surface area (Å²) in [5.41, 5.74) is 1.56. The molecule has 1 saturated heterocycles. The maximum absolute atomic E-state index is 13.0. The third kappa shape index (κ3) is 6.80. The van der Waals surface area contributed by atoms with E-state index in [0.717, 1.165) is 10.5 Å². The summed E-state index contributed by atoms with van der Waals surface area (Å²) in [4.78, 5) is 39.6. The molecule has 2 aromatic rings. The van der Waals surface area contributed by atoms with Crippen LogP contribution in [0.2, 0.25) is 0 Å². The lowest BCUT2D eigenvalue weighted by Crippen LogP contribution is -2.73. The van der Waals surface area contributed by atoms with Crippen LogP contribution in [0.4, 0.5) is 0 Å². The van der Waals surface area contributed by atoms with Crippen LogP contribution in [-0.4, -0.2) is 61.5 Å². The third-order valence-electron chi connectivity index (χ3n) is 5.40. The molecule has 0 aliphatic carbocycles. The van der Waals surface area contributed by atoms with Gasteiger partial charge in [-0.2, -0.15) is 0 Å². The second-order valence-electron chi connectivity index (χ2n) is 7.82. The van der Waals surface area contributed by atoms with E-state index in [1.165, 1.54) is 7.11 Å². The fourth-order valence-electron chi connectivity index (χ4n) is 3.60. The monoisotopic (exact) mass is 552 g/mol. The van der Waals surface area contributed by atoms with E-state index >= 15 is 0 Å². The van der Waals surface area contributed by atoms with Crippen LogP contribution in [0, 0.1) is 0 Å². The van der Waals surface area contributed by atoms with E-state index in [0.29, 0.717) is 22.1 Å². The molecule has 2 aromatic carbocycles. The molecule has 192 valence electrons. The predicted molar refractivity (Wildman–Crippen MR) is 137 cm³/mol. The van der Waals surface area contributed by atoms with Crippen LogP contribution in [0.5, 0.6) is 5.75 Å². The average molecular weight is 553 g/mol. The summed E-state index contributed by atoms with van der Waals surface area (Å²) >= 11 is 5.92. The second-order valence-corrected chi connectivity index (χ2v) is 10.8. The lowest BCUT2D eigenvalue weighted by molar-refractivity contribution is -0.163. The van der Waals surface area contributed by atoms with Crippen LogP contribution in [0.15, 0.2) is 66.7 Å². The number of nitrogens with one attached hydrogen (secondary N) is 1. The van der Waals surface area contributed by atoms with Gasteiger partial charge in [-0.05, 0) is 39.6 Å². The number of rotatable bonds is 12. The first-order valence-electron chi connectivity index (χ1n) is 10.7. The maximum atomic E-state index is 13.0. The summed E-state index contributed by atoms with van der Waals surface area (Å²) < 4.78 is 33.6. The molecular formula is C24H25ClN2O7S2. The van der Waals surface area contributed by atoms with Crippen molar-refractivity contribution < 1.29 is 32.3 Å². The molecule has 0 radical (unpaired) electrons. The molecule has 0 saturated carbocycles. The third-order valence-corrected chi connectivity index (χ3v) is 7.79. The molecule has 1 N–H and O–H groups in total. The van der Waals surface area contributed by atoms with Crippen LogP contribution in [-0.2, 0) is 41.9 Å². The normalized spacial score (nSPS) is 17.8. The zero-order valence-electron chi connectivity index (χ0n) is 19.3. The first-order chi connectivity index (χ1) is 17.2. The Labute approximate surface area is 219 Å². The van der Waals surface area contributed by atoms with E-state index in [4.69, 9.17) is 21.1 Å². The summed E-state index contributed by atoms with van der Waals surface area (Å²) in [7, 11) is -1.04. The Bertz CT molecular complexity index is 1180. The fourth-order valence-corrected chi connectivity index (χ4v) is 5.76. The number of esters is 1. The van der Waals surface area contributed by atoms with Gasteiger partial charge in [0.05, 0.1) is 13.5 Å². The number of halogens is 1. The Morgan fingerprint density at radius 1 is 1.14 bits per heavy atom. The largest absolute Gasteiger partial charge is 0.497 e. The van der Waals surface area contributed by atoms with Gasteiger partial charge in [0.1, 0.15) is 23.8 Å². The van der Waals surface area contributed by atoms with E-state index in [1.807, 2.05) is 6.07 Å². The van der Waals surface area contributed by atoms with Crippen LogP contribution in [0.1, 0.15) is 11.1 Å². The van der Waals surface area contributed by atoms with Gasteiger partial charge in [0.2, 0.25) is 11.8 Å². The first-order valence-corrected chi connectivity index (χ1v) is 13.9. The number of thiol groups is 1. The molecule has 1 aliphatic rings. The standard InChI is InChI=1S/C24H25ClN2O7S2/c1-15(13-25)21(24(30)34-14-17-8-10-18(33-2)11-9-17)27-22(29)20(23(27)35-36(31)32)26-19(28)12-16-6-4-3-5-7-16/h3-11,20-21,23,36H,1,12-14H2,2H3,(H,26,28). The van der Waals surface area contributed by atoms with Crippen molar-refractivity contribution in [2.45, 2.75) is 30.5 Å². The van der Waals surface area contributed by atoms with Gasteiger partial charge in [0.15, 0.2) is 15.8 Å². The van der Waals surface area contributed by atoms with Crippen molar-refractivity contribution >= 4 is 49.9 Å². The molecule has 12 heteroatoms. The van der Waals surface area contributed by atoms with Gasteiger partial charge in [-0.1, -0.05) is 49.0 Å². The summed E-state index contributed by atoms with van der Waals surface area (Å²) in [6.07, 6.45) is 0.00718. The number of carbonyl (C=O) groups is 3. The number of likely N-dealkylation sites (tertiary alicyclic amines) is 1. The Hall–Kier alpha value is -3.02.